The number of rotatable bonds is 8. The molecule has 0 saturated carbocycles. The van der Waals surface area contributed by atoms with Gasteiger partial charge in [-0.05, 0) is 30.3 Å². The van der Waals surface area contributed by atoms with Crippen LogP contribution in [0.2, 0.25) is 0 Å². The summed E-state index contributed by atoms with van der Waals surface area (Å²) in [5.74, 6) is -0.787. The molecule has 208 valence electrons. The van der Waals surface area contributed by atoms with Crippen LogP contribution >= 0.6 is 0 Å². The minimum atomic E-state index is -3.86. The van der Waals surface area contributed by atoms with Gasteiger partial charge in [-0.15, -0.1) is 0 Å². The minimum absolute atomic E-state index is 0.00320. The highest BCUT2D eigenvalue weighted by Crippen LogP contribution is 2.33. The Morgan fingerprint density at radius 1 is 1.07 bits per heavy atom. The normalized spacial score (nSPS) is 14.3. The summed E-state index contributed by atoms with van der Waals surface area (Å²) in [5, 5.41) is 15.4. The fourth-order valence-electron chi connectivity index (χ4n) is 4.12. The van der Waals surface area contributed by atoms with Crippen LogP contribution in [0.5, 0.6) is 5.75 Å². The molecule has 4 heterocycles. The van der Waals surface area contributed by atoms with E-state index in [1.165, 1.54) is 12.1 Å². The Hall–Kier alpha value is -4.42. The molecule has 5 rings (SSSR count). The molecule has 0 bridgehead atoms. The molecule has 0 aliphatic carbocycles. The van der Waals surface area contributed by atoms with Gasteiger partial charge in [0.1, 0.15) is 35.1 Å². The van der Waals surface area contributed by atoms with Crippen LogP contribution in [-0.4, -0.2) is 53.9 Å². The smallest absolute Gasteiger partial charge is 0.295 e. The second kappa shape index (κ2) is 11.0. The Morgan fingerprint density at radius 3 is 2.55 bits per heavy atom. The first-order valence-corrected chi connectivity index (χ1v) is 13.9. The van der Waals surface area contributed by atoms with E-state index in [1.54, 1.807) is 12.1 Å². The molecule has 15 heteroatoms. The Bertz CT molecular complexity index is 1720. The molecule has 1 aromatic carbocycles. The van der Waals surface area contributed by atoms with E-state index in [-0.39, 0.29) is 50.9 Å². The summed E-state index contributed by atoms with van der Waals surface area (Å²) in [4.78, 5) is 14.6. The number of ether oxygens (including phenoxy) is 2. The third kappa shape index (κ3) is 5.92. The van der Waals surface area contributed by atoms with E-state index in [1.807, 2.05) is 6.07 Å². The number of nitrogens with zero attached hydrogens (tertiary/aromatic N) is 4. The second-order valence-electron chi connectivity index (χ2n) is 8.92. The number of fused-ring (bicyclic) bond motifs is 1. The van der Waals surface area contributed by atoms with Crippen LogP contribution in [-0.2, 0) is 14.6 Å². The van der Waals surface area contributed by atoms with Crippen LogP contribution < -0.4 is 15.4 Å². The average molecular weight is 574 g/mol. The number of anilines is 4. The number of halogens is 3. The molecule has 1 fully saturated rings. The summed E-state index contributed by atoms with van der Waals surface area (Å²) in [5.41, 5.74) is 0.0958. The predicted octanol–water partition coefficient (Wildman–Crippen LogP) is 4.75. The lowest BCUT2D eigenvalue weighted by atomic mass is 10.1. The number of hydrogen-bond acceptors (Lipinski definition) is 10. The molecule has 0 unspecified atom stereocenters. The van der Waals surface area contributed by atoms with Gasteiger partial charge in [0.2, 0.25) is 0 Å². The van der Waals surface area contributed by atoms with Crippen molar-refractivity contribution in [1.29, 1.82) is 5.26 Å². The first-order chi connectivity index (χ1) is 19.1. The number of sulfone groups is 1. The van der Waals surface area contributed by atoms with Gasteiger partial charge in [0, 0.05) is 25.2 Å². The number of imidazole rings is 1. The quantitative estimate of drug-likeness (QED) is 0.269. The van der Waals surface area contributed by atoms with E-state index in [2.05, 4.69) is 30.6 Å². The Balaban J connectivity index is 1.50. The molecule has 1 saturated heterocycles. The Kier molecular flexibility index (Phi) is 7.46. The number of pyridine rings is 2. The van der Waals surface area contributed by atoms with Crippen LogP contribution in [0.15, 0.2) is 41.3 Å². The molecule has 0 spiro atoms. The number of aromatic amines is 1. The molecule has 0 radical (unpaired) electrons. The number of nitriles is 1. The number of alkyl halides is 2. The van der Waals surface area contributed by atoms with Crippen molar-refractivity contribution < 1.29 is 31.1 Å². The monoisotopic (exact) mass is 573 g/mol. The van der Waals surface area contributed by atoms with Crippen LogP contribution in [0.4, 0.5) is 36.2 Å². The largest absolute Gasteiger partial charge is 0.487 e. The SMILES string of the molecule is CS(=O)(=O)c1cc(F)ccc1Nc1cc(Nc2ccc(OC3CCOCC3)c(C#N)n2)nc2[nH]c(C(F)F)nc12. The van der Waals surface area contributed by atoms with Crippen molar-refractivity contribution in [3.63, 3.8) is 0 Å². The van der Waals surface area contributed by atoms with Gasteiger partial charge in [-0.3, -0.25) is 0 Å². The van der Waals surface area contributed by atoms with Crippen molar-refractivity contribution in [2.24, 2.45) is 0 Å². The third-order valence-corrected chi connectivity index (χ3v) is 7.11. The summed E-state index contributed by atoms with van der Waals surface area (Å²) in [6.45, 7) is 1.13. The number of nitrogens with one attached hydrogen (secondary N) is 3. The molecular weight excluding hydrogens is 551 g/mol. The second-order valence-corrected chi connectivity index (χ2v) is 10.9. The third-order valence-electron chi connectivity index (χ3n) is 5.97. The van der Waals surface area contributed by atoms with Gasteiger partial charge in [0.25, 0.3) is 6.43 Å². The van der Waals surface area contributed by atoms with Crippen molar-refractivity contribution in [1.82, 2.24) is 19.9 Å². The van der Waals surface area contributed by atoms with E-state index >= 15 is 0 Å². The minimum Gasteiger partial charge on any atom is -0.487 e. The zero-order valence-electron chi connectivity index (χ0n) is 20.9. The first kappa shape index (κ1) is 27.2. The summed E-state index contributed by atoms with van der Waals surface area (Å²) < 4.78 is 76.5. The molecule has 11 nitrogen and oxygen atoms in total. The van der Waals surface area contributed by atoms with Crippen molar-refractivity contribution in [3.8, 4) is 11.8 Å². The van der Waals surface area contributed by atoms with Crippen LogP contribution in [0, 0.1) is 17.1 Å². The predicted molar refractivity (Wildman–Crippen MR) is 138 cm³/mol. The Labute approximate surface area is 226 Å². The zero-order chi connectivity index (χ0) is 28.4. The molecule has 40 heavy (non-hydrogen) atoms. The summed E-state index contributed by atoms with van der Waals surface area (Å²) in [6.07, 6.45) is -0.750. The van der Waals surface area contributed by atoms with Crippen LogP contribution in [0.1, 0.15) is 30.8 Å². The lowest BCUT2D eigenvalue weighted by Gasteiger charge is -2.23. The van der Waals surface area contributed by atoms with E-state index in [0.717, 1.165) is 18.4 Å². The highest BCUT2D eigenvalue weighted by atomic mass is 32.2. The van der Waals surface area contributed by atoms with Crippen molar-refractivity contribution in [2.75, 3.05) is 30.1 Å². The molecule has 4 aromatic rings. The van der Waals surface area contributed by atoms with Crippen molar-refractivity contribution in [3.05, 3.63) is 53.7 Å². The molecular formula is C25H22F3N7O4S. The van der Waals surface area contributed by atoms with Gasteiger partial charge in [-0.25, -0.2) is 36.5 Å². The van der Waals surface area contributed by atoms with Gasteiger partial charge in [0.15, 0.2) is 32.8 Å². The summed E-state index contributed by atoms with van der Waals surface area (Å²) in [7, 11) is -3.86. The van der Waals surface area contributed by atoms with Gasteiger partial charge in [-0.1, -0.05) is 0 Å². The maximum absolute atomic E-state index is 13.8. The van der Waals surface area contributed by atoms with Gasteiger partial charge < -0.3 is 25.1 Å². The van der Waals surface area contributed by atoms with Gasteiger partial charge in [-0.2, -0.15) is 5.26 Å². The maximum atomic E-state index is 13.8. The zero-order valence-corrected chi connectivity index (χ0v) is 21.7. The first-order valence-electron chi connectivity index (χ1n) is 12.0. The number of H-pyrrole nitrogens is 1. The topological polar surface area (TPSA) is 155 Å². The van der Waals surface area contributed by atoms with Crippen LogP contribution in [0.3, 0.4) is 0 Å². The van der Waals surface area contributed by atoms with Gasteiger partial charge >= 0.3 is 0 Å². The Morgan fingerprint density at radius 2 is 1.85 bits per heavy atom. The van der Waals surface area contributed by atoms with E-state index in [0.29, 0.717) is 31.8 Å². The van der Waals surface area contributed by atoms with Gasteiger partial charge in [0.05, 0.1) is 29.5 Å². The van der Waals surface area contributed by atoms with E-state index in [4.69, 9.17) is 9.47 Å². The molecule has 3 aromatic heterocycles. The standard InChI is InChI=1S/C25H22F3N7O4S/c1-40(36,37)19-10-13(26)2-3-15(19)30-16-11-21(33-24-22(16)34-25(35-24)23(27)28)32-20-5-4-18(17(12-29)31-20)39-14-6-8-38-9-7-14/h2-5,10-11,14,23H,6-9H2,1H3,(H3,30,31,32,33,34,35). The van der Waals surface area contributed by atoms with E-state index in [9.17, 15) is 26.9 Å². The molecule has 1 aliphatic heterocycles. The fraction of sp³-hybridized carbons (Fsp3) is 0.280. The number of benzene rings is 1. The van der Waals surface area contributed by atoms with Crippen molar-refractivity contribution in [2.45, 2.75) is 30.3 Å². The molecule has 0 amide bonds. The highest BCUT2D eigenvalue weighted by molar-refractivity contribution is 7.90. The number of aromatic nitrogens is 4. The molecule has 0 atom stereocenters. The maximum Gasteiger partial charge on any atom is 0.295 e. The molecule has 1 aliphatic rings. The average Bonchev–Trinajstić information content (AvgIpc) is 3.35. The summed E-state index contributed by atoms with van der Waals surface area (Å²) >= 11 is 0. The van der Waals surface area contributed by atoms with Crippen molar-refractivity contribution >= 4 is 44.0 Å². The molecule has 3 N–H and O–H groups in total. The van der Waals surface area contributed by atoms with E-state index < -0.39 is 27.9 Å². The lowest BCUT2D eigenvalue weighted by Crippen LogP contribution is -2.26. The number of hydrogen-bond donors (Lipinski definition) is 3. The highest BCUT2D eigenvalue weighted by Gasteiger charge is 2.21. The fourth-order valence-corrected chi connectivity index (χ4v) is 4.96. The summed E-state index contributed by atoms with van der Waals surface area (Å²) in [6, 6.07) is 9.66. The van der Waals surface area contributed by atoms with Crippen LogP contribution in [0.25, 0.3) is 11.2 Å². The lowest BCUT2D eigenvalue weighted by molar-refractivity contribution is 0.0253.